The molecule has 0 aliphatic heterocycles. The summed E-state index contributed by atoms with van der Waals surface area (Å²) in [5, 5.41) is 0. The van der Waals surface area contributed by atoms with Crippen LogP contribution in [0.3, 0.4) is 0 Å². The van der Waals surface area contributed by atoms with Crippen molar-refractivity contribution >= 4 is 5.91 Å². The third kappa shape index (κ3) is 8.18. The second-order valence-electron chi connectivity index (χ2n) is 4.99. The first kappa shape index (κ1) is 18.4. The summed E-state index contributed by atoms with van der Waals surface area (Å²) in [5.41, 5.74) is 5.45. The number of methoxy groups -OCH3 is 1. The van der Waals surface area contributed by atoms with Crippen molar-refractivity contribution in [2.24, 2.45) is 5.73 Å². The Hall–Kier alpha value is -0.650. The number of carbonyl (C=O) groups is 1. The molecule has 2 N–H and O–H groups in total. The van der Waals surface area contributed by atoms with Crippen LogP contribution in [0.1, 0.15) is 33.1 Å². The molecule has 19 heavy (non-hydrogen) atoms. The third-order valence-corrected chi connectivity index (χ3v) is 3.53. The molecule has 0 aliphatic rings. The van der Waals surface area contributed by atoms with Crippen LogP contribution in [-0.2, 0) is 9.53 Å². The molecule has 1 amide bonds. The fourth-order valence-corrected chi connectivity index (χ4v) is 1.90. The van der Waals surface area contributed by atoms with Crippen LogP contribution in [0.2, 0.25) is 0 Å². The van der Waals surface area contributed by atoms with Crippen LogP contribution < -0.4 is 5.73 Å². The van der Waals surface area contributed by atoms with Gasteiger partial charge in [0.2, 0.25) is 5.91 Å². The van der Waals surface area contributed by atoms with E-state index in [-0.39, 0.29) is 5.91 Å². The molecule has 0 bridgehead atoms. The molecule has 0 rings (SSSR count). The van der Waals surface area contributed by atoms with Crippen molar-refractivity contribution in [3.8, 4) is 0 Å². The highest BCUT2D eigenvalue weighted by atomic mass is 16.5. The van der Waals surface area contributed by atoms with Gasteiger partial charge in [0.25, 0.3) is 0 Å². The van der Waals surface area contributed by atoms with Crippen molar-refractivity contribution in [2.75, 3.05) is 46.9 Å². The molecule has 0 saturated heterocycles. The van der Waals surface area contributed by atoms with Gasteiger partial charge in [-0.15, -0.1) is 0 Å². The average Bonchev–Trinajstić information content (AvgIpc) is 2.43. The van der Waals surface area contributed by atoms with Crippen LogP contribution in [0.25, 0.3) is 0 Å². The van der Waals surface area contributed by atoms with Gasteiger partial charge in [-0.25, -0.2) is 0 Å². The molecule has 0 aromatic heterocycles. The SMILES string of the molecule is CCC(C)N(CCOC)CCC(=O)N(C)CCCN. The highest BCUT2D eigenvalue weighted by molar-refractivity contribution is 5.76. The summed E-state index contributed by atoms with van der Waals surface area (Å²) >= 11 is 0. The van der Waals surface area contributed by atoms with E-state index in [2.05, 4.69) is 18.7 Å². The molecule has 0 heterocycles. The standard InChI is InChI=1S/C14H31N3O2/c1-5-13(2)17(11-12-19-4)10-7-14(18)16(3)9-6-8-15/h13H,5-12,15H2,1-4H3. The molecular formula is C14H31N3O2. The minimum absolute atomic E-state index is 0.194. The van der Waals surface area contributed by atoms with Gasteiger partial charge in [0.15, 0.2) is 0 Å². The lowest BCUT2D eigenvalue weighted by Gasteiger charge is -2.28. The van der Waals surface area contributed by atoms with Crippen molar-refractivity contribution in [1.29, 1.82) is 0 Å². The molecule has 0 aromatic rings. The molecule has 5 heteroatoms. The Morgan fingerprint density at radius 2 is 2.00 bits per heavy atom. The zero-order chi connectivity index (χ0) is 14.7. The number of amides is 1. The van der Waals surface area contributed by atoms with E-state index in [0.717, 1.165) is 32.5 Å². The number of rotatable bonds is 11. The van der Waals surface area contributed by atoms with E-state index in [1.807, 2.05) is 7.05 Å². The first-order valence-electron chi connectivity index (χ1n) is 7.23. The molecule has 0 spiro atoms. The van der Waals surface area contributed by atoms with E-state index in [0.29, 0.717) is 25.6 Å². The zero-order valence-corrected chi connectivity index (χ0v) is 13.0. The Balaban J connectivity index is 4.10. The quantitative estimate of drug-likeness (QED) is 0.608. The fraction of sp³-hybridized carbons (Fsp3) is 0.929. The summed E-state index contributed by atoms with van der Waals surface area (Å²) in [5.74, 6) is 0.194. The number of nitrogens with zero attached hydrogens (tertiary/aromatic N) is 2. The molecule has 114 valence electrons. The molecule has 1 atom stereocenters. The van der Waals surface area contributed by atoms with E-state index < -0.39 is 0 Å². The predicted octanol–water partition coefficient (Wildman–Crippen LogP) is 0.931. The second-order valence-corrected chi connectivity index (χ2v) is 4.99. The lowest BCUT2D eigenvalue weighted by Crippen LogP contribution is -2.39. The van der Waals surface area contributed by atoms with Gasteiger partial charge in [-0.3, -0.25) is 9.69 Å². The number of hydrogen-bond acceptors (Lipinski definition) is 4. The molecule has 0 saturated carbocycles. The second kappa shape index (κ2) is 11.2. The summed E-state index contributed by atoms with van der Waals surface area (Å²) < 4.78 is 5.12. The van der Waals surface area contributed by atoms with Crippen molar-refractivity contribution in [1.82, 2.24) is 9.80 Å². The molecule has 0 radical (unpaired) electrons. The van der Waals surface area contributed by atoms with Gasteiger partial charge >= 0.3 is 0 Å². The minimum Gasteiger partial charge on any atom is -0.383 e. The van der Waals surface area contributed by atoms with Crippen LogP contribution in [0.4, 0.5) is 0 Å². The molecule has 0 aliphatic carbocycles. The van der Waals surface area contributed by atoms with Crippen LogP contribution in [0.15, 0.2) is 0 Å². The number of nitrogens with two attached hydrogens (primary N) is 1. The Kier molecular flexibility index (Phi) is 10.8. The largest absolute Gasteiger partial charge is 0.383 e. The van der Waals surface area contributed by atoms with Crippen molar-refractivity contribution < 1.29 is 9.53 Å². The molecule has 1 unspecified atom stereocenters. The average molecular weight is 273 g/mol. The number of hydrogen-bond donors (Lipinski definition) is 1. The Labute approximate surface area is 118 Å². The van der Waals surface area contributed by atoms with Gasteiger partial charge in [0.1, 0.15) is 0 Å². The normalized spacial score (nSPS) is 12.7. The smallest absolute Gasteiger partial charge is 0.223 e. The van der Waals surface area contributed by atoms with Crippen LogP contribution >= 0.6 is 0 Å². The molecule has 0 fully saturated rings. The van der Waals surface area contributed by atoms with E-state index in [4.69, 9.17) is 10.5 Å². The maximum absolute atomic E-state index is 12.0. The Morgan fingerprint density at radius 3 is 2.53 bits per heavy atom. The highest BCUT2D eigenvalue weighted by Crippen LogP contribution is 2.05. The molecule has 5 nitrogen and oxygen atoms in total. The molecular weight excluding hydrogens is 242 g/mol. The van der Waals surface area contributed by atoms with Gasteiger partial charge in [-0.2, -0.15) is 0 Å². The first-order valence-corrected chi connectivity index (χ1v) is 7.23. The summed E-state index contributed by atoms with van der Waals surface area (Å²) in [7, 11) is 3.56. The van der Waals surface area contributed by atoms with Crippen molar-refractivity contribution in [2.45, 2.75) is 39.2 Å². The van der Waals surface area contributed by atoms with E-state index >= 15 is 0 Å². The summed E-state index contributed by atoms with van der Waals surface area (Å²) in [4.78, 5) is 16.1. The van der Waals surface area contributed by atoms with E-state index in [1.54, 1.807) is 12.0 Å². The van der Waals surface area contributed by atoms with Gasteiger partial charge in [0, 0.05) is 46.3 Å². The predicted molar refractivity (Wildman–Crippen MR) is 79.1 cm³/mol. The minimum atomic E-state index is 0.194. The third-order valence-electron chi connectivity index (χ3n) is 3.53. The first-order chi connectivity index (χ1) is 9.06. The lowest BCUT2D eigenvalue weighted by molar-refractivity contribution is -0.130. The van der Waals surface area contributed by atoms with Gasteiger partial charge in [-0.05, 0) is 26.3 Å². The van der Waals surface area contributed by atoms with Crippen LogP contribution in [0.5, 0.6) is 0 Å². The molecule has 0 aromatic carbocycles. The van der Waals surface area contributed by atoms with E-state index in [9.17, 15) is 4.79 Å². The van der Waals surface area contributed by atoms with Crippen molar-refractivity contribution in [3.63, 3.8) is 0 Å². The zero-order valence-electron chi connectivity index (χ0n) is 13.0. The summed E-state index contributed by atoms with van der Waals surface area (Å²) in [6.07, 6.45) is 2.51. The van der Waals surface area contributed by atoms with Gasteiger partial charge in [0.05, 0.1) is 6.61 Å². The summed E-state index contributed by atoms with van der Waals surface area (Å²) in [6.45, 7) is 8.12. The highest BCUT2D eigenvalue weighted by Gasteiger charge is 2.15. The maximum atomic E-state index is 12.0. The maximum Gasteiger partial charge on any atom is 0.223 e. The van der Waals surface area contributed by atoms with Crippen LogP contribution in [0, 0.1) is 0 Å². The van der Waals surface area contributed by atoms with Gasteiger partial charge in [-0.1, -0.05) is 6.92 Å². The Morgan fingerprint density at radius 1 is 1.32 bits per heavy atom. The Bertz CT molecular complexity index is 237. The number of carbonyl (C=O) groups excluding carboxylic acids is 1. The van der Waals surface area contributed by atoms with Gasteiger partial charge < -0.3 is 15.4 Å². The topological polar surface area (TPSA) is 58.8 Å². The lowest BCUT2D eigenvalue weighted by atomic mass is 10.2. The number of ether oxygens (including phenoxy) is 1. The summed E-state index contributed by atoms with van der Waals surface area (Å²) in [6, 6.07) is 0.484. The fourth-order valence-electron chi connectivity index (χ4n) is 1.90. The van der Waals surface area contributed by atoms with Crippen LogP contribution in [-0.4, -0.2) is 68.7 Å². The monoisotopic (exact) mass is 273 g/mol. The van der Waals surface area contributed by atoms with Crippen molar-refractivity contribution in [3.05, 3.63) is 0 Å². The van der Waals surface area contributed by atoms with E-state index in [1.165, 1.54) is 0 Å².